The molecule has 30 heavy (non-hydrogen) atoms. The molecule has 1 aromatic heterocycles. The number of ether oxygens (including phenoxy) is 1. The van der Waals surface area contributed by atoms with E-state index in [1.165, 1.54) is 12.1 Å². The lowest BCUT2D eigenvalue weighted by molar-refractivity contribution is 0.0697. The zero-order valence-electron chi connectivity index (χ0n) is 16.5. The molecule has 154 valence electrons. The van der Waals surface area contributed by atoms with Crippen LogP contribution in [0.1, 0.15) is 34.5 Å². The van der Waals surface area contributed by atoms with Crippen molar-refractivity contribution in [2.75, 3.05) is 23.4 Å². The molecule has 0 spiro atoms. The minimum absolute atomic E-state index is 0.0959. The Morgan fingerprint density at radius 2 is 1.93 bits per heavy atom. The first-order chi connectivity index (χ1) is 14.5. The van der Waals surface area contributed by atoms with Gasteiger partial charge in [0.1, 0.15) is 23.9 Å². The number of rotatable bonds is 6. The number of pyridine rings is 1. The summed E-state index contributed by atoms with van der Waals surface area (Å²) in [5.74, 6) is 0.223. The molecule has 0 fully saturated rings. The zero-order chi connectivity index (χ0) is 21.1. The molecule has 0 saturated carbocycles. The Bertz CT molecular complexity index is 1040. The first kappa shape index (κ1) is 19.7. The maximum atomic E-state index is 13.3. The van der Waals surface area contributed by atoms with E-state index in [1.54, 1.807) is 42.6 Å². The van der Waals surface area contributed by atoms with Crippen molar-refractivity contribution in [3.05, 3.63) is 83.3 Å². The van der Waals surface area contributed by atoms with Crippen molar-refractivity contribution < 1.29 is 19.0 Å². The lowest BCUT2D eigenvalue weighted by Crippen LogP contribution is -2.33. The molecule has 3 aromatic rings. The number of carboxylic acid groups (broad SMARTS) is 1. The molecule has 0 radical (unpaired) electrons. The number of halogens is 1. The fourth-order valence-corrected chi connectivity index (χ4v) is 3.51. The number of nitrogens with one attached hydrogen (secondary N) is 1. The fourth-order valence-electron chi connectivity index (χ4n) is 3.51. The van der Waals surface area contributed by atoms with Crippen molar-refractivity contribution in [1.29, 1.82) is 0 Å². The van der Waals surface area contributed by atoms with Gasteiger partial charge in [-0.15, -0.1) is 0 Å². The van der Waals surface area contributed by atoms with Crippen LogP contribution in [0.2, 0.25) is 0 Å². The van der Waals surface area contributed by atoms with Crippen molar-refractivity contribution in [1.82, 2.24) is 4.98 Å². The molecule has 0 amide bonds. The molecule has 2 aromatic carbocycles. The smallest absolute Gasteiger partial charge is 0.335 e. The van der Waals surface area contributed by atoms with Crippen LogP contribution in [0.15, 0.2) is 60.8 Å². The van der Waals surface area contributed by atoms with Crippen LogP contribution in [0.5, 0.6) is 5.75 Å². The Labute approximate surface area is 173 Å². The zero-order valence-corrected chi connectivity index (χ0v) is 16.5. The second-order valence-corrected chi connectivity index (χ2v) is 7.20. The molecule has 0 saturated heterocycles. The van der Waals surface area contributed by atoms with Crippen LogP contribution in [0.3, 0.4) is 0 Å². The molecule has 1 atom stereocenters. The summed E-state index contributed by atoms with van der Waals surface area (Å²) in [4.78, 5) is 17.8. The van der Waals surface area contributed by atoms with Crippen LogP contribution < -0.4 is 15.0 Å². The average Bonchev–Trinajstić information content (AvgIpc) is 2.75. The van der Waals surface area contributed by atoms with Crippen LogP contribution >= 0.6 is 0 Å². The van der Waals surface area contributed by atoms with Gasteiger partial charge in [-0.2, -0.15) is 0 Å². The topological polar surface area (TPSA) is 74.7 Å². The lowest BCUT2D eigenvalue weighted by Gasteiger charge is -2.33. The first-order valence-corrected chi connectivity index (χ1v) is 9.72. The van der Waals surface area contributed by atoms with E-state index in [4.69, 9.17) is 9.84 Å². The standard InChI is InChI=1S/C23H22FN3O3/c1-15(17-4-6-18(7-5-17)23(28)29)26-22-21-20(10-11-25-22)30-13-12-27(21)14-16-2-8-19(24)9-3-16/h2-11,15H,12-14H2,1H3,(H,25,26)(H,28,29)/t15-/m0/s1. The SMILES string of the molecule is C[C@H](Nc1nccc2c1N(Cc1ccc(F)cc1)CCO2)c1ccc(C(=O)O)cc1. The molecule has 2 N–H and O–H groups in total. The van der Waals surface area contributed by atoms with Crippen molar-refractivity contribution in [3.8, 4) is 5.75 Å². The van der Waals surface area contributed by atoms with E-state index >= 15 is 0 Å². The third-order valence-electron chi connectivity index (χ3n) is 5.12. The van der Waals surface area contributed by atoms with E-state index in [9.17, 15) is 9.18 Å². The Hall–Kier alpha value is -3.61. The van der Waals surface area contributed by atoms with Crippen LogP contribution in [-0.4, -0.2) is 29.2 Å². The number of benzene rings is 2. The quantitative estimate of drug-likeness (QED) is 0.627. The van der Waals surface area contributed by atoms with Crippen molar-refractivity contribution in [2.45, 2.75) is 19.5 Å². The van der Waals surface area contributed by atoms with Crippen molar-refractivity contribution in [2.24, 2.45) is 0 Å². The highest BCUT2D eigenvalue weighted by Crippen LogP contribution is 2.39. The molecule has 0 aliphatic carbocycles. The number of hydrogen-bond donors (Lipinski definition) is 2. The second-order valence-electron chi connectivity index (χ2n) is 7.20. The van der Waals surface area contributed by atoms with Gasteiger partial charge in [0, 0.05) is 18.8 Å². The highest BCUT2D eigenvalue weighted by atomic mass is 19.1. The predicted octanol–water partition coefficient (Wildman–Crippen LogP) is 4.49. The number of carboxylic acids is 1. The van der Waals surface area contributed by atoms with Crippen LogP contribution in [0.25, 0.3) is 0 Å². The monoisotopic (exact) mass is 407 g/mol. The number of aromatic nitrogens is 1. The summed E-state index contributed by atoms with van der Waals surface area (Å²) in [6, 6.07) is 15.0. The van der Waals surface area contributed by atoms with E-state index in [1.807, 2.05) is 13.0 Å². The molecular formula is C23H22FN3O3. The van der Waals surface area contributed by atoms with Crippen LogP contribution in [0.4, 0.5) is 15.9 Å². The minimum atomic E-state index is -0.949. The third-order valence-corrected chi connectivity index (χ3v) is 5.12. The first-order valence-electron chi connectivity index (χ1n) is 9.72. The van der Waals surface area contributed by atoms with Crippen molar-refractivity contribution >= 4 is 17.5 Å². The largest absolute Gasteiger partial charge is 0.489 e. The van der Waals surface area contributed by atoms with Crippen LogP contribution in [-0.2, 0) is 6.54 Å². The van der Waals surface area contributed by atoms with Crippen LogP contribution in [0, 0.1) is 5.82 Å². The number of hydrogen-bond acceptors (Lipinski definition) is 5. The Morgan fingerprint density at radius 1 is 1.20 bits per heavy atom. The maximum Gasteiger partial charge on any atom is 0.335 e. The van der Waals surface area contributed by atoms with Crippen molar-refractivity contribution in [3.63, 3.8) is 0 Å². The molecule has 4 rings (SSSR count). The summed E-state index contributed by atoms with van der Waals surface area (Å²) < 4.78 is 19.1. The Morgan fingerprint density at radius 3 is 2.63 bits per heavy atom. The van der Waals surface area contributed by atoms with Gasteiger partial charge in [-0.3, -0.25) is 0 Å². The van der Waals surface area contributed by atoms with Gasteiger partial charge < -0.3 is 20.1 Å². The number of carbonyl (C=O) groups is 1. The van der Waals surface area contributed by atoms with Gasteiger partial charge in [0.15, 0.2) is 5.82 Å². The summed E-state index contributed by atoms with van der Waals surface area (Å²) in [7, 11) is 0. The summed E-state index contributed by atoms with van der Waals surface area (Å²) in [6.45, 7) is 3.85. The summed E-state index contributed by atoms with van der Waals surface area (Å²) in [6.07, 6.45) is 1.70. The van der Waals surface area contributed by atoms with Gasteiger partial charge in [-0.1, -0.05) is 24.3 Å². The minimum Gasteiger partial charge on any atom is -0.489 e. The highest BCUT2D eigenvalue weighted by molar-refractivity contribution is 5.87. The predicted molar refractivity (Wildman–Crippen MR) is 113 cm³/mol. The van der Waals surface area contributed by atoms with Gasteiger partial charge in [0.05, 0.1) is 18.2 Å². The molecule has 1 aliphatic rings. The van der Waals surface area contributed by atoms with E-state index < -0.39 is 5.97 Å². The molecule has 1 aliphatic heterocycles. The second kappa shape index (κ2) is 8.41. The third kappa shape index (κ3) is 4.20. The fraction of sp³-hybridized carbons (Fsp3) is 0.217. The summed E-state index contributed by atoms with van der Waals surface area (Å²) in [5.41, 5.74) is 3.06. The van der Waals surface area contributed by atoms with Gasteiger partial charge in [-0.25, -0.2) is 14.2 Å². The molecule has 0 bridgehead atoms. The molecule has 0 unspecified atom stereocenters. The van der Waals surface area contributed by atoms with Gasteiger partial charge in [0.25, 0.3) is 0 Å². The van der Waals surface area contributed by atoms with E-state index in [0.29, 0.717) is 25.5 Å². The number of anilines is 2. The number of nitrogens with zero attached hydrogens (tertiary/aromatic N) is 2. The molecule has 7 heteroatoms. The Balaban J connectivity index is 1.58. The average molecular weight is 407 g/mol. The normalized spacial score (nSPS) is 13.9. The van der Waals surface area contributed by atoms with E-state index in [-0.39, 0.29) is 17.4 Å². The summed E-state index contributed by atoms with van der Waals surface area (Å²) in [5, 5.41) is 12.5. The lowest BCUT2D eigenvalue weighted by atomic mass is 10.1. The molecule has 6 nitrogen and oxygen atoms in total. The van der Waals surface area contributed by atoms with Gasteiger partial charge >= 0.3 is 5.97 Å². The maximum absolute atomic E-state index is 13.3. The van der Waals surface area contributed by atoms with E-state index in [0.717, 1.165) is 22.6 Å². The van der Waals surface area contributed by atoms with E-state index in [2.05, 4.69) is 15.2 Å². The Kier molecular flexibility index (Phi) is 5.52. The molecular weight excluding hydrogens is 385 g/mol. The van der Waals surface area contributed by atoms with Gasteiger partial charge in [0.2, 0.25) is 0 Å². The molecule has 2 heterocycles. The van der Waals surface area contributed by atoms with Gasteiger partial charge in [-0.05, 0) is 42.3 Å². The number of fused-ring (bicyclic) bond motifs is 1. The highest BCUT2D eigenvalue weighted by Gasteiger charge is 2.24. The summed E-state index contributed by atoms with van der Waals surface area (Å²) >= 11 is 0. The number of aromatic carboxylic acids is 1.